The molecule has 0 bridgehead atoms. The number of anilines is 2. The van der Waals surface area contributed by atoms with Gasteiger partial charge in [-0.05, 0) is 49.2 Å². The molecule has 4 rings (SSSR count). The van der Waals surface area contributed by atoms with Crippen molar-refractivity contribution in [1.29, 1.82) is 0 Å². The average molecular weight is 447 g/mol. The molecule has 2 heterocycles. The van der Waals surface area contributed by atoms with Gasteiger partial charge in [-0.25, -0.2) is 4.79 Å². The minimum Gasteiger partial charge on any atom is -0.496 e. The lowest BCUT2D eigenvalue weighted by Gasteiger charge is -2.32. The van der Waals surface area contributed by atoms with Gasteiger partial charge >= 0.3 is 5.97 Å². The summed E-state index contributed by atoms with van der Waals surface area (Å²) in [6, 6.07) is 18.3. The molecule has 8 nitrogen and oxygen atoms in total. The highest BCUT2D eigenvalue weighted by atomic mass is 16.5. The van der Waals surface area contributed by atoms with Gasteiger partial charge in [-0.15, -0.1) is 10.2 Å². The first-order chi connectivity index (χ1) is 16.1. The zero-order chi connectivity index (χ0) is 23.2. The Hall–Kier alpha value is -3.94. The Kier molecular flexibility index (Phi) is 6.83. The summed E-state index contributed by atoms with van der Waals surface area (Å²) in [7, 11) is 2.95. The lowest BCUT2D eigenvalue weighted by atomic mass is 9.96. The van der Waals surface area contributed by atoms with E-state index >= 15 is 0 Å². The maximum atomic E-state index is 13.0. The SMILES string of the molecule is COC(=O)c1ccccc1NC(=O)C1CCCN(c2ccc(-c3ccccc3OC)nn2)C1. The van der Waals surface area contributed by atoms with E-state index in [1.54, 1.807) is 31.4 Å². The summed E-state index contributed by atoms with van der Waals surface area (Å²) in [6.45, 7) is 1.32. The third-order valence-electron chi connectivity index (χ3n) is 5.74. The molecule has 0 saturated carbocycles. The van der Waals surface area contributed by atoms with Crippen molar-refractivity contribution in [2.45, 2.75) is 12.8 Å². The molecule has 1 saturated heterocycles. The number of hydrogen-bond acceptors (Lipinski definition) is 7. The maximum absolute atomic E-state index is 13.0. The van der Waals surface area contributed by atoms with Crippen molar-refractivity contribution in [2.24, 2.45) is 5.92 Å². The van der Waals surface area contributed by atoms with E-state index in [0.717, 1.165) is 42.2 Å². The summed E-state index contributed by atoms with van der Waals surface area (Å²) in [5.41, 5.74) is 2.38. The fourth-order valence-electron chi connectivity index (χ4n) is 4.01. The number of para-hydroxylation sites is 2. The normalized spacial score (nSPS) is 15.6. The van der Waals surface area contributed by atoms with Gasteiger partial charge in [-0.1, -0.05) is 24.3 Å². The van der Waals surface area contributed by atoms with Crippen LogP contribution in [-0.4, -0.2) is 49.4 Å². The maximum Gasteiger partial charge on any atom is 0.339 e. The van der Waals surface area contributed by atoms with Crippen molar-refractivity contribution in [1.82, 2.24) is 10.2 Å². The minimum absolute atomic E-state index is 0.130. The van der Waals surface area contributed by atoms with Crippen LogP contribution in [0.3, 0.4) is 0 Å². The molecule has 8 heteroatoms. The number of nitrogens with zero attached hydrogens (tertiary/aromatic N) is 3. The zero-order valence-electron chi connectivity index (χ0n) is 18.7. The molecule has 0 aliphatic carbocycles. The van der Waals surface area contributed by atoms with Gasteiger partial charge in [0.15, 0.2) is 5.82 Å². The molecule has 1 atom stereocenters. The Balaban J connectivity index is 1.46. The number of rotatable bonds is 6. The second-order valence-electron chi connectivity index (χ2n) is 7.79. The fraction of sp³-hybridized carbons (Fsp3) is 0.280. The number of aromatic nitrogens is 2. The number of hydrogen-bond donors (Lipinski definition) is 1. The van der Waals surface area contributed by atoms with E-state index in [0.29, 0.717) is 17.8 Å². The number of nitrogens with one attached hydrogen (secondary N) is 1. The molecule has 3 aromatic rings. The smallest absolute Gasteiger partial charge is 0.339 e. The van der Waals surface area contributed by atoms with Crippen LogP contribution >= 0.6 is 0 Å². The molecule has 0 spiro atoms. The highest BCUT2D eigenvalue weighted by Crippen LogP contribution is 2.29. The van der Waals surface area contributed by atoms with Crippen molar-refractivity contribution in [3.05, 3.63) is 66.2 Å². The molecule has 1 N–H and O–H groups in total. The molecular formula is C25H26N4O4. The fourth-order valence-corrected chi connectivity index (χ4v) is 4.01. The summed E-state index contributed by atoms with van der Waals surface area (Å²) in [4.78, 5) is 27.0. The summed E-state index contributed by atoms with van der Waals surface area (Å²) in [5.74, 6) is 0.610. The molecule has 1 unspecified atom stereocenters. The summed E-state index contributed by atoms with van der Waals surface area (Å²) in [5, 5.41) is 11.7. The van der Waals surface area contributed by atoms with Gasteiger partial charge in [0.05, 0.1) is 37.1 Å². The van der Waals surface area contributed by atoms with Crippen molar-refractivity contribution in [3.63, 3.8) is 0 Å². The molecule has 33 heavy (non-hydrogen) atoms. The van der Waals surface area contributed by atoms with Crippen LogP contribution in [0.2, 0.25) is 0 Å². The predicted octanol–water partition coefficient (Wildman–Crippen LogP) is 3.79. The van der Waals surface area contributed by atoms with Gasteiger partial charge < -0.3 is 19.7 Å². The van der Waals surface area contributed by atoms with Crippen LogP contribution in [0.25, 0.3) is 11.3 Å². The number of ether oxygens (including phenoxy) is 2. The standard InChI is InChI=1S/C25H26N4O4/c1-32-22-12-6-4-9-18(22)21-13-14-23(28-27-21)29-15-7-8-17(16-29)24(30)26-20-11-5-3-10-19(20)25(31)33-2/h3-6,9-14,17H,7-8,15-16H2,1-2H3,(H,26,30). The van der Waals surface area contributed by atoms with Gasteiger partial charge in [0.25, 0.3) is 0 Å². The molecule has 1 fully saturated rings. The Labute approximate surface area is 192 Å². The van der Waals surface area contributed by atoms with Crippen LogP contribution < -0.4 is 15.0 Å². The van der Waals surface area contributed by atoms with Crippen LogP contribution in [0.5, 0.6) is 5.75 Å². The average Bonchev–Trinajstić information content (AvgIpc) is 2.88. The van der Waals surface area contributed by atoms with Crippen molar-refractivity contribution < 1.29 is 19.1 Å². The highest BCUT2D eigenvalue weighted by molar-refractivity contribution is 6.02. The van der Waals surface area contributed by atoms with E-state index in [9.17, 15) is 9.59 Å². The van der Waals surface area contributed by atoms with Crippen LogP contribution in [0, 0.1) is 5.92 Å². The van der Waals surface area contributed by atoms with Gasteiger partial charge in [-0.3, -0.25) is 4.79 Å². The van der Waals surface area contributed by atoms with Crippen LogP contribution in [0.4, 0.5) is 11.5 Å². The van der Waals surface area contributed by atoms with Gasteiger partial charge in [0.2, 0.25) is 5.91 Å². The van der Waals surface area contributed by atoms with E-state index in [4.69, 9.17) is 9.47 Å². The van der Waals surface area contributed by atoms with E-state index in [-0.39, 0.29) is 11.8 Å². The monoisotopic (exact) mass is 446 g/mol. The van der Waals surface area contributed by atoms with Crippen LogP contribution in [-0.2, 0) is 9.53 Å². The van der Waals surface area contributed by atoms with Gasteiger partial charge in [0, 0.05) is 18.7 Å². The largest absolute Gasteiger partial charge is 0.496 e. The minimum atomic E-state index is -0.485. The second-order valence-corrected chi connectivity index (χ2v) is 7.79. The quantitative estimate of drug-likeness (QED) is 0.576. The first-order valence-electron chi connectivity index (χ1n) is 10.8. The Bertz CT molecular complexity index is 1130. The number of esters is 1. The van der Waals surface area contributed by atoms with Crippen LogP contribution in [0.1, 0.15) is 23.2 Å². The van der Waals surface area contributed by atoms with Gasteiger partial charge in [-0.2, -0.15) is 0 Å². The Morgan fingerprint density at radius 2 is 1.79 bits per heavy atom. The summed E-state index contributed by atoms with van der Waals surface area (Å²) in [6.07, 6.45) is 1.61. The molecule has 0 radical (unpaired) electrons. The summed E-state index contributed by atoms with van der Waals surface area (Å²) < 4.78 is 10.2. The van der Waals surface area contributed by atoms with E-state index in [1.807, 2.05) is 36.4 Å². The number of carbonyl (C=O) groups is 2. The summed E-state index contributed by atoms with van der Waals surface area (Å²) >= 11 is 0. The predicted molar refractivity (Wildman–Crippen MR) is 125 cm³/mol. The van der Waals surface area contributed by atoms with Crippen molar-refractivity contribution >= 4 is 23.4 Å². The molecule has 2 aromatic carbocycles. The number of amides is 1. The molecule has 1 aromatic heterocycles. The number of carbonyl (C=O) groups excluding carboxylic acids is 2. The molecular weight excluding hydrogens is 420 g/mol. The Morgan fingerprint density at radius 3 is 2.55 bits per heavy atom. The Morgan fingerprint density at radius 1 is 1.00 bits per heavy atom. The van der Waals surface area contributed by atoms with E-state index in [2.05, 4.69) is 20.4 Å². The lowest BCUT2D eigenvalue weighted by molar-refractivity contribution is -0.120. The van der Waals surface area contributed by atoms with Crippen molar-refractivity contribution in [3.8, 4) is 17.0 Å². The third-order valence-corrected chi connectivity index (χ3v) is 5.74. The number of benzene rings is 2. The number of methoxy groups -OCH3 is 2. The van der Waals surface area contributed by atoms with Crippen LogP contribution in [0.15, 0.2) is 60.7 Å². The molecule has 1 amide bonds. The first-order valence-corrected chi connectivity index (χ1v) is 10.8. The van der Waals surface area contributed by atoms with E-state index < -0.39 is 5.97 Å². The topological polar surface area (TPSA) is 93.7 Å². The molecule has 1 aliphatic rings. The van der Waals surface area contributed by atoms with Gasteiger partial charge in [0.1, 0.15) is 5.75 Å². The number of piperidine rings is 1. The third kappa shape index (κ3) is 4.95. The zero-order valence-corrected chi connectivity index (χ0v) is 18.7. The van der Waals surface area contributed by atoms with E-state index in [1.165, 1.54) is 7.11 Å². The molecule has 170 valence electrons. The van der Waals surface area contributed by atoms with Crippen molar-refractivity contribution in [2.75, 3.05) is 37.5 Å². The highest BCUT2D eigenvalue weighted by Gasteiger charge is 2.28. The second kappa shape index (κ2) is 10.1. The first kappa shape index (κ1) is 22.3. The molecule has 1 aliphatic heterocycles. The lowest BCUT2D eigenvalue weighted by Crippen LogP contribution is -2.41.